The molecular weight excluding hydrogens is 322 g/mol. The van der Waals surface area contributed by atoms with Crippen LogP contribution in [0.25, 0.3) is 0 Å². The summed E-state index contributed by atoms with van der Waals surface area (Å²) in [5.74, 6) is 0.133. The Bertz CT molecular complexity index is 813. The first-order valence-corrected chi connectivity index (χ1v) is 7.63. The van der Waals surface area contributed by atoms with Crippen molar-refractivity contribution in [3.63, 3.8) is 0 Å². The summed E-state index contributed by atoms with van der Waals surface area (Å²) in [5, 5.41) is 2.65. The minimum absolute atomic E-state index is 0.0881. The normalized spacial score (nSPS) is 10.0. The number of hydrogen-bond donors (Lipinski definition) is 1. The summed E-state index contributed by atoms with van der Waals surface area (Å²) in [6.45, 7) is 2.59. The van der Waals surface area contributed by atoms with Crippen molar-refractivity contribution in [3.05, 3.63) is 53.6 Å². The zero-order chi connectivity index (χ0) is 18.4. The summed E-state index contributed by atoms with van der Waals surface area (Å²) in [5.41, 5.74) is 1.37. The minimum Gasteiger partial charge on any atom is -0.497 e. The molecule has 2 aromatic carbocycles. The Labute approximate surface area is 145 Å². The Morgan fingerprint density at radius 2 is 1.76 bits per heavy atom. The molecule has 0 heterocycles. The average molecular weight is 341 g/mol. The maximum absolute atomic E-state index is 12.1. The molecule has 0 aliphatic heterocycles. The Balaban J connectivity index is 2.06. The van der Waals surface area contributed by atoms with Crippen LogP contribution in [0, 0.1) is 0 Å². The van der Waals surface area contributed by atoms with Gasteiger partial charge in [-0.05, 0) is 38.1 Å². The van der Waals surface area contributed by atoms with Gasteiger partial charge in [0.1, 0.15) is 11.5 Å². The maximum atomic E-state index is 12.1. The first-order valence-electron chi connectivity index (χ1n) is 7.63. The number of ketones is 2. The summed E-state index contributed by atoms with van der Waals surface area (Å²) >= 11 is 0. The van der Waals surface area contributed by atoms with Gasteiger partial charge in [-0.2, -0.15) is 0 Å². The van der Waals surface area contributed by atoms with Crippen LogP contribution in [0.1, 0.15) is 34.6 Å². The van der Waals surface area contributed by atoms with Crippen molar-refractivity contribution < 1.29 is 23.9 Å². The second kappa shape index (κ2) is 8.10. The van der Waals surface area contributed by atoms with Crippen molar-refractivity contribution in [1.29, 1.82) is 0 Å². The van der Waals surface area contributed by atoms with Gasteiger partial charge in [-0.25, -0.2) is 0 Å². The molecule has 0 saturated heterocycles. The van der Waals surface area contributed by atoms with Gasteiger partial charge in [-0.1, -0.05) is 12.1 Å². The molecule has 1 amide bonds. The van der Waals surface area contributed by atoms with Crippen LogP contribution in [0.3, 0.4) is 0 Å². The number of anilines is 1. The number of amides is 1. The fraction of sp³-hybridized carbons (Fsp3) is 0.211. The zero-order valence-electron chi connectivity index (χ0n) is 14.3. The van der Waals surface area contributed by atoms with E-state index in [4.69, 9.17) is 9.47 Å². The molecule has 6 heteroatoms. The molecule has 0 radical (unpaired) electrons. The fourth-order valence-corrected chi connectivity index (χ4v) is 2.20. The van der Waals surface area contributed by atoms with E-state index in [9.17, 15) is 14.4 Å². The molecule has 130 valence electrons. The molecule has 0 unspecified atom stereocenters. The lowest BCUT2D eigenvalue weighted by Gasteiger charge is -2.12. The molecule has 0 fully saturated rings. The SMILES string of the molecule is COc1ccc(C(C)=O)c(OCC(=O)Nc2cccc(C(C)=O)c2)c1. The Morgan fingerprint density at radius 1 is 1.00 bits per heavy atom. The molecule has 0 atom stereocenters. The molecule has 25 heavy (non-hydrogen) atoms. The molecule has 6 nitrogen and oxygen atoms in total. The maximum Gasteiger partial charge on any atom is 0.262 e. The number of rotatable bonds is 7. The molecule has 0 aliphatic rings. The van der Waals surface area contributed by atoms with Crippen molar-refractivity contribution in [2.45, 2.75) is 13.8 Å². The number of nitrogens with one attached hydrogen (secondary N) is 1. The monoisotopic (exact) mass is 341 g/mol. The number of Topliss-reactive ketones (excluding diaryl/α,β-unsaturated/α-hetero) is 2. The number of methoxy groups -OCH3 is 1. The summed E-state index contributed by atoms with van der Waals surface area (Å²) in [6.07, 6.45) is 0. The lowest BCUT2D eigenvalue weighted by molar-refractivity contribution is -0.118. The van der Waals surface area contributed by atoms with Gasteiger partial charge in [0.2, 0.25) is 0 Å². The van der Waals surface area contributed by atoms with Gasteiger partial charge in [0.05, 0.1) is 12.7 Å². The molecule has 2 aromatic rings. The second-order valence-corrected chi connectivity index (χ2v) is 5.39. The summed E-state index contributed by atoms with van der Waals surface area (Å²) < 4.78 is 10.6. The standard InChI is InChI=1S/C19H19NO5/c1-12(21)14-5-4-6-15(9-14)20-19(23)11-25-18-10-16(24-3)7-8-17(18)13(2)22/h4-10H,11H2,1-3H3,(H,20,23). The average Bonchev–Trinajstić information content (AvgIpc) is 2.59. The smallest absolute Gasteiger partial charge is 0.262 e. The lowest BCUT2D eigenvalue weighted by atomic mass is 10.1. The molecule has 0 aromatic heterocycles. The van der Waals surface area contributed by atoms with Gasteiger partial charge < -0.3 is 14.8 Å². The highest BCUT2D eigenvalue weighted by molar-refractivity contribution is 5.98. The van der Waals surface area contributed by atoms with Crippen LogP contribution in [0.2, 0.25) is 0 Å². The molecule has 0 bridgehead atoms. The summed E-state index contributed by atoms with van der Waals surface area (Å²) in [4.78, 5) is 35.1. The number of carbonyl (C=O) groups excluding carboxylic acids is 3. The zero-order valence-corrected chi connectivity index (χ0v) is 14.3. The van der Waals surface area contributed by atoms with E-state index in [0.717, 1.165) is 0 Å². The number of hydrogen-bond acceptors (Lipinski definition) is 5. The van der Waals surface area contributed by atoms with Gasteiger partial charge in [0, 0.05) is 17.3 Å². The lowest BCUT2D eigenvalue weighted by Crippen LogP contribution is -2.21. The third-order valence-corrected chi connectivity index (χ3v) is 3.48. The van der Waals surface area contributed by atoms with Crippen LogP contribution in [0.5, 0.6) is 11.5 Å². The van der Waals surface area contributed by atoms with Gasteiger partial charge in [0.15, 0.2) is 18.2 Å². The van der Waals surface area contributed by atoms with E-state index in [2.05, 4.69) is 5.32 Å². The van der Waals surface area contributed by atoms with E-state index >= 15 is 0 Å². The van der Waals surface area contributed by atoms with Crippen LogP contribution in [0.15, 0.2) is 42.5 Å². The highest BCUT2D eigenvalue weighted by Crippen LogP contribution is 2.25. The largest absolute Gasteiger partial charge is 0.497 e. The predicted molar refractivity (Wildman–Crippen MR) is 93.6 cm³/mol. The van der Waals surface area contributed by atoms with E-state index in [-0.39, 0.29) is 23.9 Å². The molecule has 1 N–H and O–H groups in total. The van der Waals surface area contributed by atoms with Crippen molar-refractivity contribution in [2.75, 3.05) is 19.0 Å². The minimum atomic E-state index is -0.405. The molecular formula is C19H19NO5. The third kappa shape index (κ3) is 4.91. The van der Waals surface area contributed by atoms with Crippen LogP contribution < -0.4 is 14.8 Å². The van der Waals surface area contributed by atoms with E-state index in [1.165, 1.54) is 21.0 Å². The molecule has 0 spiro atoms. The van der Waals surface area contributed by atoms with Gasteiger partial charge in [0.25, 0.3) is 5.91 Å². The van der Waals surface area contributed by atoms with Crippen molar-refractivity contribution in [1.82, 2.24) is 0 Å². The van der Waals surface area contributed by atoms with Crippen LogP contribution in [-0.4, -0.2) is 31.2 Å². The topological polar surface area (TPSA) is 81.7 Å². The van der Waals surface area contributed by atoms with Crippen molar-refractivity contribution in [2.24, 2.45) is 0 Å². The summed E-state index contributed by atoms with van der Waals surface area (Å²) in [7, 11) is 1.50. The molecule has 0 saturated carbocycles. The first-order chi connectivity index (χ1) is 11.9. The summed E-state index contributed by atoms with van der Waals surface area (Å²) in [6, 6.07) is 11.4. The third-order valence-electron chi connectivity index (χ3n) is 3.48. The van der Waals surface area contributed by atoms with Crippen LogP contribution in [-0.2, 0) is 4.79 Å². The number of carbonyl (C=O) groups is 3. The van der Waals surface area contributed by atoms with Gasteiger partial charge in [-0.3, -0.25) is 14.4 Å². The van der Waals surface area contributed by atoms with E-state index < -0.39 is 5.91 Å². The fourth-order valence-electron chi connectivity index (χ4n) is 2.20. The number of ether oxygens (including phenoxy) is 2. The van der Waals surface area contributed by atoms with E-state index in [0.29, 0.717) is 22.6 Å². The molecule has 0 aliphatic carbocycles. The van der Waals surface area contributed by atoms with Gasteiger partial charge in [-0.15, -0.1) is 0 Å². The Morgan fingerprint density at radius 3 is 2.40 bits per heavy atom. The quantitative estimate of drug-likeness (QED) is 0.783. The van der Waals surface area contributed by atoms with Crippen molar-refractivity contribution in [3.8, 4) is 11.5 Å². The molecule has 2 rings (SSSR count). The predicted octanol–water partition coefficient (Wildman–Crippen LogP) is 3.12. The van der Waals surface area contributed by atoms with E-state index in [1.807, 2.05) is 0 Å². The number of benzene rings is 2. The highest BCUT2D eigenvalue weighted by Gasteiger charge is 2.12. The Hall–Kier alpha value is -3.15. The van der Waals surface area contributed by atoms with Crippen molar-refractivity contribution >= 4 is 23.2 Å². The van der Waals surface area contributed by atoms with E-state index in [1.54, 1.807) is 42.5 Å². The van der Waals surface area contributed by atoms with Gasteiger partial charge >= 0.3 is 0 Å². The van der Waals surface area contributed by atoms with Crippen LogP contribution in [0.4, 0.5) is 5.69 Å². The first kappa shape index (κ1) is 18.2. The highest BCUT2D eigenvalue weighted by atomic mass is 16.5. The Kier molecular flexibility index (Phi) is 5.89. The second-order valence-electron chi connectivity index (χ2n) is 5.39. The van der Waals surface area contributed by atoms with Crippen LogP contribution >= 0.6 is 0 Å².